The number of alkyl halides is 3. The van der Waals surface area contributed by atoms with Crippen LogP contribution in [-0.2, 0) is 17.3 Å². The number of aromatic amines is 1. The number of H-pyrrole nitrogens is 1. The summed E-state index contributed by atoms with van der Waals surface area (Å²) >= 11 is 0. The van der Waals surface area contributed by atoms with Gasteiger partial charge in [0, 0.05) is 31.0 Å². The highest BCUT2D eigenvalue weighted by Gasteiger charge is 2.43. The van der Waals surface area contributed by atoms with E-state index in [4.69, 9.17) is 4.74 Å². The third-order valence-electron chi connectivity index (χ3n) is 7.25. The zero-order valence-corrected chi connectivity index (χ0v) is 17.4. The summed E-state index contributed by atoms with van der Waals surface area (Å²) in [5.41, 5.74) is 1.84. The maximum absolute atomic E-state index is 13.3. The fourth-order valence-corrected chi connectivity index (χ4v) is 5.66. The smallest absolute Gasteiger partial charge is 0.381 e. The highest BCUT2D eigenvalue weighted by atomic mass is 19.4. The van der Waals surface area contributed by atoms with Gasteiger partial charge in [0.15, 0.2) is 0 Å². The normalized spacial score (nSPS) is 28.1. The molecule has 4 atom stereocenters. The molecule has 2 N–H and O–H groups in total. The molecule has 1 aromatic carbocycles. The van der Waals surface area contributed by atoms with Gasteiger partial charge in [0.1, 0.15) is 23.5 Å². The zero-order valence-electron chi connectivity index (χ0n) is 17.4. The molecule has 3 aliphatic rings. The van der Waals surface area contributed by atoms with Crippen molar-refractivity contribution in [2.75, 3.05) is 31.6 Å². The van der Waals surface area contributed by atoms with Crippen molar-refractivity contribution < 1.29 is 17.9 Å². The summed E-state index contributed by atoms with van der Waals surface area (Å²) in [6.45, 7) is 3.63. The van der Waals surface area contributed by atoms with Crippen LogP contribution in [0.1, 0.15) is 29.3 Å². The lowest BCUT2D eigenvalue weighted by Gasteiger charge is -2.40. The highest BCUT2D eigenvalue weighted by Crippen LogP contribution is 2.41. The molecule has 1 aliphatic carbocycles. The summed E-state index contributed by atoms with van der Waals surface area (Å²) < 4.78 is 45.5. The summed E-state index contributed by atoms with van der Waals surface area (Å²) in [5, 5.41) is 3.88. The largest absolute Gasteiger partial charge is 0.431 e. The molecule has 32 heavy (non-hydrogen) atoms. The van der Waals surface area contributed by atoms with Crippen molar-refractivity contribution in [1.82, 2.24) is 19.9 Å². The molecular formula is C23H24F3N5O. The predicted octanol–water partition coefficient (Wildman–Crippen LogP) is 4.02. The van der Waals surface area contributed by atoms with E-state index < -0.39 is 11.9 Å². The second-order valence-electron chi connectivity index (χ2n) is 9.10. The average molecular weight is 443 g/mol. The first-order valence-corrected chi connectivity index (χ1v) is 11.0. The number of hydrogen-bond acceptors (Lipinski definition) is 5. The molecule has 2 aromatic heterocycles. The Morgan fingerprint density at radius 2 is 1.88 bits per heavy atom. The maximum Gasteiger partial charge on any atom is 0.431 e. The van der Waals surface area contributed by atoms with Crippen molar-refractivity contribution in [2.45, 2.75) is 31.1 Å². The topological polar surface area (TPSA) is 66.1 Å². The van der Waals surface area contributed by atoms with Gasteiger partial charge in [0.05, 0.1) is 24.6 Å². The van der Waals surface area contributed by atoms with E-state index >= 15 is 0 Å². The minimum absolute atomic E-state index is 0.0676. The number of fused-ring (bicyclic) bond motifs is 3. The molecule has 0 unspecified atom stereocenters. The number of rotatable bonds is 3. The van der Waals surface area contributed by atoms with Crippen LogP contribution in [0.3, 0.4) is 0 Å². The Bertz CT molecular complexity index is 1130. The summed E-state index contributed by atoms with van der Waals surface area (Å²) in [4.78, 5) is 13.3. The van der Waals surface area contributed by atoms with Crippen LogP contribution in [0, 0.1) is 11.8 Å². The first kappa shape index (κ1) is 20.0. The fourth-order valence-electron chi connectivity index (χ4n) is 5.66. The molecule has 0 amide bonds. The Labute approximate surface area is 183 Å². The van der Waals surface area contributed by atoms with Crippen molar-refractivity contribution in [3.05, 3.63) is 53.5 Å². The predicted molar refractivity (Wildman–Crippen MR) is 113 cm³/mol. The molecule has 2 aliphatic heterocycles. The highest BCUT2D eigenvalue weighted by molar-refractivity contribution is 5.88. The minimum Gasteiger partial charge on any atom is -0.381 e. The molecule has 2 fully saturated rings. The van der Waals surface area contributed by atoms with Crippen LogP contribution in [-0.4, -0.2) is 52.2 Å². The van der Waals surface area contributed by atoms with Gasteiger partial charge in [-0.2, -0.15) is 13.2 Å². The Morgan fingerprint density at radius 1 is 1.09 bits per heavy atom. The van der Waals surface area contributed by atoms with Gasteiger partial charge >= 0.3 is 6.18 Å². The van der Waals surface area contributed by atoms with Gasteiger partial charge < -0.3 is 15.0 Å². The lowest BCUT2D eigenvalue weighted by molar-refractivity contribution is -0.140. The first-order chi connectivity index (χ1) is 15.5. The van der Waals surface area contributed by atoms with Gasteiger partial charge in [-0.05, 0) is 30.0 Å². The maximum atomic E-state index is 13.3. The number of anilines is 1. The Morgan fingerprint density at radius 3 is 2.66 bits per heavy atom. The Balaban J connectivity index is 1.37. The SMILES string of the molecule is FC(F)(F)c1cc2c(N[C@@H]3c4ccccc4CC[C@@H]3N3C[C@H]4COC[C@H]4C3)ncnc2[nH]1. The van der Waals surface area contributed by atoms with Gasteiger partial charge in [0.2, 0.25) is 0 Å². The molecule has 6 nitrogen and oxygen atoms in total. The third-order valence-corrected chi connectivity index (χ3v) is 7.25. The molecule has 9 heteroatoms. The Kier molecular flexibility index (Phi) is 4.65. The van der Waals surface area contributed by atoms with Crippen molar-refractivity contribution in [3.63, 3.8) is 0 Å². The van der Waals surface area contributed by atoms with Gasteiger partial charge in [-0.15, -0.1) is 0 Å². The van der Waals surface area contributed by atoms with Gasteiger partial charge in [-0.25, -0.2) is 9.97 Å². The van der Waals surface area contributed by atoms with Gasteiger partial charge in [0.25, 0.3) is 0 Å². The van der Waals surface area contributed by atoms with E-state index in [1.54, 1.807) is 0 Å². The molecule has 2 saturated heterocycles. The molecular weight excluding hydrogens is 419 g/mol. The molecule has 3 aromatic rings. The lowest BCUT2D eigenvalue weighted by Crippen LogP contribution is -2.44. The van der Waals surface area contributed by atoms with Crippen LogP contribution in [0.2, 0.25) is 0 Å². The molecule has 168 valence electrons. The third kappa shape index (κ3) is 3.34. The number of likely N-dealkylation sites (tertiary alicyclic amines) is 1. The van der Waals surface area contributed by atoms with Crippen LogP contribution < -0.4 is 5.32 Å². The number of hydrogen-bond donors (Lipinski definition) is 2. The number of nitrogens with one attached hydrogen (secondary N) is 2. The van der Waals surface area contributed by atoms with Crippen molar-refractivity contribution in [3.8, 4) is 0 Å². The van der Waals surface area contributed by atoms with E-state index in [0.29, 0.717) is 23.0 Å². The van der Waals surface area contributed by atoms with Crippen molar-refractivity contribution in [2.24, 2.45) is 11.8 Å². The number of ether oxygens (including phenoxy) is 1. The molecule has 6 rings (SSSR count). The lowest BCUT2D eigenvalue weighted by atomic mass is 9.83. The van der Waals surface area contributed by atoms with E-state index in [1.807, 2.05) is 12.1 Å². The van der Waals surface area contributed by atoms with Crippen LogP contribution >= 0.6 is 0 Å². The van der Waals surface area contributed by atoms with Crippen LogP contribution in [0.15, 0.2) is 36.7 Å². The van der Waals surface area contributed by atoms with Crippen LogP contribution in [0.5, 0.6) is 0 Å². The van der Waals surface area contributed by atoms with Crippen molar-refractivity contribution >= 4 is 16.9 Å². The number of aromatic nitrogens is 3. The second-order valence-corrected chi connectivity index (χ2v) is 9.10. The Hall–Kier alpha value is -2.65. The molecule has 0 radical (unpaired) electrons. The van der Waals surface area contributed by atoms with Crippen molar-refractivity contribution in [1.29, 1.82) is 0 Å². The quantitative estimate of drug-likeness (QED) is 0.640. The molecule has 4 heterocycles. The number of nitrogens with zero attached hydrogens (tertiary/aromatic N) is 3. The second kappa shape index (κ2) is 7.45. The van der Waals surface area contributed by atoms with Crippen LogP contribution in [0.4, 0.5) is 19.0 Å². The summed E-state index contributed by atoms with van der Waals surface area (Å²) in [5.74, 6) is 1.56. The fraction of sp³-hybridized carbons (Fsp3) is 0.478. The zero-order chi connectivity index (χ0) is 21.9. The van der Waals surface area contributed by atoms with Crippen LogP contribution in [0.25, 0.3) is 11.0 Å². The monoisotopic (exact) mass is 443 g/mol. The molecule has 0 saturated carbocycles. The number of halogens is 3. The van der Waals surface area contributed by atoms with E-state index in [1.165, 1.54) is 17.5 Å². The number of benzene rings is 1. The van der Waals surface area contributed by atoms with E-state index in [9.17, 15) is 13.2 Å². The number of aryl methyl sites for hydroxylation is 1. The van der Waals surface area contributed by atoms with E-state index in [2.05, 4.69) is 37.3 Å². The summed E-state index contributed by atoms with van der Waals surface area (Å²) in [6, 6.07) is 9.59. The first-order valence-electron chi connectivity index (χ1n) is 11.0. The van der Waals surface area contributed by atoms with E-state index in [-0.39, 0.29) is 17.7 Å². The summed E-state index contributed by atoms with van der Waals surface area (Å²) in [7, 11) is 0. The van der Waals surface area contributed by atoms with E-state index in [0.717, 1.165) is 45.2 Å². The van der Waals surface area contributed by atoms with Gasteiger partial charge in [-0.3, -0.25) is 4.90 Å². The summed E-state index contributed by atoms with van der Waals surface area (Å²) in [6.07, 6.45) is -1.18. The van der Waals surface area contributed by atoms with Gasteiger partial charge in [-0.1, -0.05) is 24.3 Å². The average Bonchev–Trinajstić information content (AvgIpc) is 3.48. The molecule has 0 bridgehead atoms. The minimum atomic E-state index is -4.46. The molecule has 0 spiro atoms. The standard InChI is InChI=1S/C23H24F3N5O/c24-23(25,26)19-7-17-21(29-19)27-12-28-22(17)30-20-16-4-2-1-3-13(16)5-6-18(20)31-8-14-10-32-11-15(14)9-31/h1-4,7,12,14-15,18,20H,5-6,8-11H2,(H2,27,28,29,30)/t14-,15+,18-,20+/m0/s1.